The topological polar surface area (TPSA) is 18.5 Å². The Balaban J connectivity index is 1.65. The molecule has 2 aliphatic carbocycles. The molecule has 1 saturated heterocycles. The quantitative estimate of drug-likeness (QED) is 0.240. The minimum Gasteiger partial charge on any atom is -0.404 e. The summed E-state index contributed by atoms with van der Waals surface area (Å²) < 4.78 is 13.3. The van der Waals surface area contributed by atoms with E-state index in [2.05, 4.69) is 27.4 Å². The van der Waals surface area contributed by atoms with Crippen LogP contribution in [0.2, 0.25) is 0 Å². The van der Waals surface area contributed by atoms with Gasteiger partial charge in [-0.15, -0.1) is 11.6 Å². The van der Waals surface area contributed by atoms with Crippen molar-refractivity contribution in [3.8, 4) is 0 Å². The lowest BCUT2D eigenvalue weighted by Crippen LogP contribution is -2.38. The van der Waals surface area contributed by atoms with E-state index in [9.17, 15) is 0 Å². The van der Waals surface area contributed by atoms with Gasteiger partial charge in [0, 0.05) is 0 Å². The summed E-state index contributed by atoms with van der Waals surface area (Å²) in [4.78, 5) is 0. The third-order valence-corrected chi connectivity index (χ3v) is 8.45. The van der Waals surface area contributed by atoms with E-state index >= 15 is 0 Å². The van der Waals surface area contributed by atoms with Gasteiger partial charge in [0.2, 0.25) is 0 Å². The normalized spacial score (nSPS) is 30.9. The molecule has 160 valence electrons. The molecular weight excluding hydrogens is 367 g/mol. The number of hydrogen-bond donors (Lipinski definition) is 0. The summed E-state index contributed by atoms with van der Waals surface area (Å²) in [7, 11) is -0.238. The van der Waals surface area contributed by atoms with Crippen molar-refractivity contribution in [1.82, 2.24) is 0 Å². The van der Waals surface area contributed by atoms with E-state index < -0.39 is 0 Å². The molecule has 1 heterocycles. The highest BCUT2D eigenvalue weighted by Gasteiger charge is 2.50. The van der Waals surface area contributed by atoms with Gasteiger partial charge in [-0.3, -0.25) is 0 Å². The average Bonchev–Trinajstić information content (AvgIpc) is 3.19. The fourth-order valence-corrected chi connectivity index (χ4v) is 6.02. The number of alkyl halides is 1. The van der Waals surface area contributed by atoms with Crippen LogP contribution < -0.4 is 0 Å². The summed E-state index contributed by atoms with van der Waals surface area (Å²) in [5.41, 5.74) is 1.32. The van der Waals surface area contributed by atoms with Crippen LogP contribution in [0, 0.1) is 23.7 Å². The van der Waals surface area contributed by atoms with E-state index in [0.717, 1.165) is 12.8 Å². The molecular formula is C24H42BClO2. The summed E-state index contributed by atoms with van der Waals surface area (Å²) in [5.74, 6) is 2.21. The van der Waals surface area contributed by atoms with Gasteiger partial charge in [0.15, 0.2) is 0 Å². The van der Waals surface area contributed by atoms with Crippen molar-refractivity contribution in [2.45, 2.75) is 115 Å². The zero-order chi connectivity index (χ0) is 20.1. The first-order valence-corrected chi connectivity index (χ1v) is 12.6. The van der Waals surface area contributed by atoms with Crippen LogP contribution >= 0.6 is 11.6 Å². The number of rotatable bonds is 8. The Hall–Kier alpha value is 0.0149. The molecule has 2 nitrogen and oxygen atoms in total. The van der Waals surface area contributed by atoms with Gasteiger partial charge in [-0.2, -0.15) is 0 Å². The van der Waals surface area contributed by atoms with Gasteiger partial charge >= 0.3 is 7.12 Å². The Kier molecular flexibility index (Phi) is 8.81. The summed E-state index contributed by atoms with van der Waals surface area (Å²) in [6.07, 6.45) is 16.0. The largest absolute Gasteiger partial charge is 0.476 e. The van der Waals surface area contributed by atoms with E-state index in [1.807, 2.05) is 0 Å². The minimum atomic E-state index is -0.238. The molecule has 0 radical (unpaired) electrons. The molecule has 4 heteroatoms. The Morgan fingerprint density at radius 1 is 0.929 bits per heavy atom. The molecule has 0 amide bonds. The predicted molar refractivity (Wildman–Crippen MR) is 121 cm³/mol. The van der Waals surface area contributed by atoms with Crippen LogP contribution in [0.1, 0.15) is 97.8 Å². The second-order valence-corrected chi connectivity index (χ2v) is 10.4. The van der Waals surface area contributed by atoms with Crippen molar-refractivity contribution >= 4 is 18.7 Å². The zero-order valence-corrected chi connectivity index (χ0v) is 19.3. The first-order valence-electron chi connectivity index (χ1n) is 12.1. The molecule has 3 fully saturated rings. The maximum Gasteiger partial charge on any atom is 0.476 e. The highest BCUT2D eigenvalue weighted by Crippen LogP contribution is 2.42. The molecule has 2 saturated carbocycles. The Bertz CT molecular complexity index is 461. The molecule has 0 bridgehead atoms. The minimum absolute atomic E-state index is 0.0770. The highest BCUT2D eigenvalue weighted by molar-refractivity contribution is 6.59. The fourth-order valence-electron chi connectivity index (χ4n) is 5.80. The molecule has 0 spiro atoms. The molecule has 0 N–H and O–H groups in total. The lowest BCUT2D eigenvalue weighted by Gasteiger charge is -2.35. The van der Waals surface area contributed by atoms with E-state index in [0.29, 0.717) is 23.7 Å². The number of allylic oxidation sites excluding steroid dienone is 1. The van der Waals surface area contributed by atoms with Crippen molar-refractivity contribution < 1.29 is 9.31 Å². The summed E-state index contributed by atoms with van der Waals surface area (Å²) >= 11 is 6.96. The van der Waals surface area contributed by atoms with Gasteiger partial charge in [0.25, 0.3) is 0 Å². The summed E-state index contributed by atoms with van der Waals surface area (Å²) in [5, 5.41) is -0.0770. The first-order chi connectivity index (χ1) is 13.5. The monoisotopic (exact) mass is 408 g/mol. The van der Waals surface area contributed by atoms with Gasteiger partial charge in [-0.05, 0) is 62.2 Å². The molecule has 0 aromatic rings. The second-order valence-electron chi connectivity index (χ2n) is 9.94. The predicted octanol–water partition coefficient (Wildman–Crippen LogP) is 7.19. The average molecular weight is 409 g/mol. The third-order valence-electron chi connectivity index (χ3n) is 7.82. The maximum atomic E-state index is 6.96. The molecule has 0 aromatic carbocycles. The van der Waals surface area contributed by atoms with Gasteiger partial charge in [0.1, 0.15) is 0 Å². The second kappa shape index (κ2) is 10.9. The Morgan fingerprint density at radius 2 is 1.39 bits per heavy atom. The van der Waals surface area contributed by atoms with Crippen LogP contribution in [0.15, 0.2) is 12.2 Å². The zero-order valence-electron chi connectivity index (χ0n) is 18.5. The maximum absolute atomic E-state index is 6.96. The number of hydrogen-bond acceptors (Lipinski definition) is 2. The summed E-state index contributed by atoms with van der Waals surface area (Å²) in [6, 6.07) is 0. The van der Waals surface area contributed by atoms with E-state index in [1.54, 1.807) is 0 Å². The van der Waals surface area contributed by atoms with Crippen LogP contribution in [0.4, 0.5) is 0 Å². The van der Waals surface area contributed by atoms with Crippen molar-refractivity contribution in [1.29, 1.82) is 0 Å². The van der Waals surface area contributed by atoms with E-state index in [4.69, 9.17) is 20.9 Å². The summed E-state index contributed by atoms with van der Waals surface area (Å²) in [6.45, 7) is 10.9. The lowest BCUT2D eigenvalue weighted by molar-refractivity contribution is 0.0324. The molecule has 0 unspecified atom stereocenters. The molecule has 1 aliphatic heterocycles. The van der Waals surface area contributed by atoms with Crippen molar-refractivity contribution in [3.05, 3.63) is 12.2 Å². The first kappa shape index (κ1) is 22.7. The van der Waals surface area contributed by atoms with Gasteiger partial charge < -0.3 is 9.31 Å². The molecule has 28 heavy (non-hydrogen) atoms. The van der Waals surface area contributed by atoms with E-state index in [1.165, 1.54) is 69.8 Å². The van der Waals surface area contributed by atoms with Gasteiger partial charge in [-0.1, -0.05) is 71.4 Å². The SMILES string of the molecule is C=C(CC)[C@@H](C)C[C@@H](C)[C@@H](Cl)B1O[C@H](C2CCCCC2)[C@@H](C2CCCCC2)O1. The van der Waals surface area contributed by atoms with Crippen LogP contribution in [0.5, 0.6) is 0 Å². The molecule has 5 atom stereocenters. The number of halogens is 1. The van der Waals surface area contributed by atoms with Gasteiger partial charge in [0.05, 0.1) is 17.5 Å². The van der Waals surface area contributed by atoms with Crippen LogP contribution in [-0.2, 0) is 9.31 Å². The smallest absolute Gasteiger partial charge is 0.404 e. The fraction of sp³-hybridized carbons (Fsp3) is 0.917. The molecule has 3 rings (SSSR count). The third kappa shape index (κ3) is 5.58. The highest BCUT2D eigenvalue weighted by atomic mass is 35.5. The van der Waals surface area contributed by atoms with Crippen molar-refractivity contribution in [2.24, 2.45) is 23.7 Å². The molecule has 0 aromatic heterocycles. The lowest BCUT2D eigenvalue weighted by atomic mass is 9.73. The van der Waals surface area contributed by atoms with Gasteiger partial charge in [-0.25, -0.2) is 0 Å². The van der Waals surface area contributed by atoms with E-state index in [-0.39, 0.29) is 24.6 Å². The Labute approximate surface area is 179 Å². The van der Waals surface area contributed by atoms with Crippen LogP contribution in [0.3, 0.4) is 0 Å². The van der Waals surface area contributed by atoms with Crippen LogP contribution in [-0.4, -0.2) is 24.6 Å². The van der Waals surface area contributed by atoms with Crippen molar-refractivity contribution in [3.63, 3.8) is 0 Å². The molecule has 3 aliphatic rings. The Morgan fingerprint density at radius 3 is 1.82 bits per heavy atom. The van der Waals surface area contributed by atoms with Crippen molar-refractivity contribution in [2.75, 3.05) is 0 Å². The van der Waals surface area contributed by atoms with Crippen LogP contribution in [0.25, 0.3) is 0 Å². The standard InChI is InChI=1S/C24H42BClO2/c1-5-17(2)18(3)16-19(4)24(26)25-27-22(20-12-8-6-9-13-20)23(28-25)21-14-10-7-11-15-21/h18-24H,2,5-16H2,1,3-4H3/t18-,19+,22+,23+,24+/m0/s1.